The van der Waals surface area contributed by atoms with Gasteiger partial charge >= 0.3 is 6.61 Å². The minimum Gasteiger partial charge on any atom is -0.493 e. The Morgan fingerprint density at radius 1 is 1.32 bits per heavy atom. The van der Waals surface area contributed by atoms with Crippen LogP contribution in [-0.4, -0.2) is 32.3 Å². The lowest BCUT2D eigenvalue weighted by molar-refractivity contribution is -0.137. The van der Waals surface area contributed by atoms with Gasteiger partial charge in [0, 0.05) is 19.1 Å². The zero-order valence-corrected chi connectivity index (χ0v) is 18.8. The lowest BCUT2D eigenvalue weighted by atomic mass is 9.59. The summed E-state index contributed by atoms with van der Waals surface area (Å²) >= 11 is 0. The van der Waals surface area contributed by atoms with E-state index in [9.17, 15) is 13.6 Å². The maximum atomic E-state index is 12.9. The van der Waals surface area contributed by atoms with Crippen LogP contribution in [0.3, 0.4) is 0 Å². The zero-order chi connectivity index (χ0) is 22.4. The summed E-state index contributed by atoms with van der Waals surface area (Å²) in [6.07, 6.45) is 4.12. The average molecular weight is 438 g/mol. The number of benzene rings is 1. The molecular weight excluding hydrogens is 404 g/mol. The lowest BCUT2D eigenvalue weighted by Gasteiger charge is -2.53. The quantitative estimate of drug-likeness (QED) is 0.645. The van der Waals surface area contributed by atoms with Crippen LogP contribution >= 0.6 is 0 Å². The number of hydrogen-bond acceptors (Lipinski definition) is 4. The van der Waals surface area contributed by atoms with Crippen molar-refractivity contribution >= 4 is 5.91 Å². The molecule has 3 aliphatic rings. The molecule has 3 fully saturated rings. The van der Waals surface area contributed by atoms with Crippen LogP contribution < -0.4 is 14.8 Å². The van der Waals surface area contributed by atoms with Crippen molar-refractivity contribution in [3.8, 4) is 11.5 Å². The van der Waals surface area contributed by atoms with Crippen LogP contribution in [0.1, 0.15) is 64.5 Å². The lowest BCUT2D eigenvalue weighted by Crippen LogP contribution is -2.58. The van der Waals surface area contributed by atoms with Gasteiger partial charge in [0.05, 0.1) is 13.2 Å². The molecule has 31 heavy (non-hydrogen) atoms. The van der Waals surface area contributed by atoms with E-state index in [1.54, 1.807) is 12.1 Å². The standard InChI is InChI=1S/C24H33F2NO4/c1-5-6-19(28)27-21-23(2,3)15-12-16-20(30-10-9-24(16,21)13-15)14-7-8-17(29-4)18(11-14)31-22(25)26/h7-8,11,15-16,20-22H,5-6,9-10,12-13H2,1-4H3,(H,27,28)/t15-,16-,20-,21+,24?/m1/s1. The average Bonchev–Trinajstić information content (AvgIpc) is 3.20. The van der Waals surface area contributed by atoms with E-state index < -0.39 is 6.61 Å². The Bertz CT molecular complexity index is 830. The van der Waals surface area contributed by atoms with Gasteiger partial charge in [-0.3, -0.25) is 4.79 Å². The Hall–Kier alpha value is -1.89. The van der Waals surface area contributed by atoms with Crippen LogP contribution in [0.25, 0.3) is 0 Å². The van der Waals surface area contributed by atoms with E-state index in [4.69, 9.17) is 14.2 Å². The SMILES string of the molecule is CCCC(=O)N[C@H]1C(C)(C)[C@@H]2C[C@@H]3[C@@H](c4ccc(OC)c(OC(F)F)c4)OCCC31C2. The summed E-state index contributed by atoms with van der Waals surface area (Å²) in [4.78, 5) is 12.6. The molecule has 1 saturated heterocycles. The number of fused-ring (bicyclic) bond motifs is 1. The van der Waals surface area contributed by atoms with Crippen molar-refractivity contribution in [1.29, 1.82) is 0 Å². The smallest absolute Gasteiger partial charge is 0.387 e. The summed E-state index contributed by atoms with van der Waals surface area (Å²) in [6.45, 7) is 4.21. The Balaban J connectivity index is 1.66. The number of carbonyl (C=O) groups is 1. The maximum Gasteiger partial charge on any atom is 0.387 e. The Kier molecular flexibility index (Phi) is 5.92. The van der Waals surface area contributed by atoms with Crippen molar-refractivity contribution in [3.63, 3.8) is 0 Å². The van der Waals surface area contributed by atoms with E-state index in [-0.39, 0.29) is 46.3 Å². The first-order valence-corrected chi connectivity index (χ1v) is 11.3. The minimum absolute atomic E-state index is 0.0195. The molecule has 0 aromatic heterocycles. The topological polar surface area (TPSA) is 56.8 Å². The molecule has 0 radical (unpaired) electrons. The molecule has 1 N–H and O–H groups in total. The van der Waals surface area contributed by atoms with Gasteiger partial charge in [-0.05, 0) is 66.0 Å². The molecule has 4 rings (SSSR count). The van der Waals surface area contributed by atoms with Gasteiger partial charge in [-0.15, -0.1) is 0 Å². The Morgan fingerprint density at radius 2 is 2.10 bits per heavy atom. The number of nitrogens with one attached hydrogen (secondary N) is 1. The van der Waals surface area contributed by atoms with Crippen molar-refractivity contribution in [3.05, 3.63) is 23.8 Å². The number of carbonyl (C=O) groups excluding carboxylic acids is 1. The normalized spacial score (nSPS) is 33.3. The monoisotopic (exact) mass is 437 g/mol. The number of rotatable bonds is 7. The third-order valence-corrected chi connectivity index (χ3v) is 8.02. The second kappa shape index (κ2) is 8.23. The molecule has 5 atom stereocenters. The second-order valence-corrected chi connectivity index (χ2v) is 9.88. The molecule has 1 amide bonds. The molecule has 1 unspecified atom stereocenters. The summed E-state index contributed by atoms with van der Waals surface area (Å²) in [5.41, 5.74) is 0.806. The minimum atomic E-state index is -2.93. The summed E-state index contributed by atoms with van der Waals surface area (Å²) in [5, 5.41) is 3.38. The van der Waals surface area contributed by atoms with Crippen molar-refractivity contribution in [1.82, 2.24) is 5.32 Å². The molecular formula is C24H33F2NO4. The first-order chi connectivity index (χ1) is 14.7. The number of alkyl halides is 2. The van der Waals surface area contributed by atoms with Gasteiger partial charge in [-0.25, -0.2) is 0 Å². The molecule has 1 aromatic rings. The highest BCUT2D eigenvalue weighted by Gasteiger charge is 2.68. The number of methoxy groups -OCH3 is 1. The number of ether oxygens (including phenoxy) is 3. The summed E-state index contributed by atoms with van der Waals surface area (Å²) < 4.78 is 42.0. The van der Waals surface area contributed by atoms with Gasteiger partial charge in [-0.1, -0.05) is 26.8 Å². The number of amides is 1. The van der Waals surface area contributed by atoms with Crippen LogP contribution in [0.15, 0.2) is 18.2 Å². The summed E-state index contributed by atoms with van der Waals surface area (Å²) in [7, 11) is 1.43. The van der Waals surface area contributed by atoms with Gasteiger partial charge in [-0.2, -0.15) is 8.78 Å². The van der Waals surface area contributed by atoms with Crippen LogP contribution in [-0.2, 0) is 9.53 Å². The molecule has 2 bridgehead atoms. The first kappa shape index (κ1) is 22.3. The van der Waals surface area contributed by atoms with Gasteiger partial charge in [0.1, 0.15) is 0 Å². The van der Waals surface area contributed by atoms with Crippen LogP contribution in [0, 0.1) is 22.7 Å². The highest BCUT2D eigenvalue weighted by molar-refractivity contribution is 5.76. The Morgan fingerprint density at radius 3 is 2.77 bits per heavy atom. The van der Waals surface area contributed by atoms with E-state index in [2.05, 4.69) is 19.2 Å². The molecule has 2 aliphatic carbocycles. The largest absolute Gasteiger partial charge is 0.493 e. The molecule has 2 saturated carbocycles. The van der Waals surface area contributed by atoms with Crippen LogP contribution in [0.2, 0.25) is 0 Å². The predicted molar refractivity (Wildman–Crippen MR) is 112 cm³/mol. The molecule has 1 aromatic carbocycles. The van der Waals surface area contributed by atoms with Crippen LogP contribution in [0.5, 0.6) is 11.5 Å². The molecule has 172 valence electrons. The second-order valence-electron chi connectivity index (χ2n) is 9.88. The fourth-order valence-corrected chi connectivity index (χ4v) is 6.64. The fourth-order valence-electron chi connectivity index (χ4n) is 6.64. The highest BCUT2D eigenvalue weighted by Crippen LogP contribution is 2.70. The van der Waals surface area contributed by atoms with Gasteiger partial charge in [0.25, 0.3) is 0 Å². The van der Waals surface area contributed by atoms with E-state index in [0.29, 0.717) is 18.9 Å². The summed E-state index contributed by atoms with van der Waals surface area (Å²) in [5.74, 6) is 1.12. The van der Waals surface area contributed by atoms with Gasteiger partial charge in [0.2, 0.25) is 5.91 Å². The van der Waals surface area contributed by atoms with E-state index >= 15 is 0 Å². The van der Waals surface area contributed by atoms with Crippen molar-refractivity contribution in [2.45, 2.75) is 71.6 Å². The third-order valence-electron chi connectivity index (χ3n) is 8.02. The van der Waals surface area contributed by atoms with E-state index in [1.807, 2.05) is 13.0 Å². The van der Waals surface area contributed by atoms with Crippen molar-refractivity contribution in [2.24, 2.45) is 22.7 Å². The zero-order valence-electron chi connectivity index (χ0n) is 18.8. The molecule has 1 heterocycles. The maximum absolute atomic E-state index is 12.9. The van der Waals surface area contributed by atoms with Crippen molar-refractivity contribution < 1.29 is 27.8 Å². The van der Waals surface area contributed by atoms with E-state index in [0.717, 1.165) is 31.2 Å². The third kappa shape index (κ3) is 3.69. The first-order valence-electron chi connectivity index (χ1n) is 11.3. The van der Waals surface area contributed by atoms with Gasteiger partial charge < -0.3 is 19.5 Å². The van der Waals surface area contributed by atoms with Gasteiger partial charge in [0.15, 0.2) is 11.5 Å². The summed E-state index contributed by atoms with van der Waals surface area (Å²) in [6, 6.07) is 5.25. The highest BCUT2D eigenvalue weighted by atomic mass is 19.3. The molecule has 1 aliphatic heterocycles. The predicted octanol–water partition coefficient (Wildman–Crippen LogP) is 5.10. The van der Waals surface area contributed by atoms with Crippen molar-refractivity contribution in [2.75, 3.05) is 13.7 Å². The van der Waals surface area contributed by atoms with E-state index in [1.165, 1.54) is 7.11 Å². The molecule has 5 nitrogen and oxygen atoms in total. The van der Waals surface area contributed by atoms with Crippen LogP contribution in [0.4, 0.5) is 8.78 Å². The fraction of sp³-hybridized carbons (Fsp3) is 0.708. The number of halogens is 2. The molecule has 7 heteroatoms. The molecule has 1 spiro atoms. The Labute approximate surface area is 182 Å². The number of hydrogen-bond donors (Lipinski definition) is 1.